The largest absolute Gasteiger partial charge is 0.393 e. The number of nitrogens with one attached hydrogen (secondary N) is 1. The number of pyridine rings is 1. The molecule has 0 saturated heterocycles. The van der Waals surface area contributed by atoms with Gasteiger partial charge in [-0.1, -0.05) is 6.42 Å². The van der Waals surface area contributed by atoms with Gasteiger partial charge in [-0.2, -0.15) is 5.26 Å². The molecule has 1 aliphatic carbocycles. The maximum Gasteiger partial charge on any atom is 0.142 e. The smallest absolute Gasteiger partial charge is 0.142 e. The summed E-state index contributed by atoms with van der Waals surface area (Å²) in [4.78, 5) is 3.90. The topological polar surface area (TPSA) is 68.9 Å². The van der Waals surface area contributed by atoms with Crippen molar-refractivity contribution in [2.24, 2.45) is 5.92 Å². The molecule has 84 valence electrons. The Labute approximate surface area is 94.9 Å². The van der Waals surface area contributed by atoms with Crippen LogP contribution in [0.1, 0.15) is 25.0 Å². The summed E-state index contributed by atoms with van der Waals surface area (Å²) < 4.78 is 0. The standard InChI is InChI=1S/C12H15N3O/c13-7-11-6-10(4-5-14-11)15-8-9-2-1-3-12(9)16/h4-6,9,12,16H,1-3,8H2,(H,14,15). The highest BCUT2D eigenvalue weighted by molar-refractivity contribution is 5.45. The van der Waals surface area contributed by atoms with Crippen molar-refractivity contribution in [3.63, 3.8) is 0 Å². The number of hydrogen-bond acceptors (Lipinski definition) is 4. The monoisotopic (exact) mass is 217 g/mol. The van der Waals surface area contributed by atoms with Crippen molar-refractivity contribution in [2.45, 2.75) is 25.4 Å². The lowest BCUT2D eigenvalue weighted by molar-refractivity contribution is 0.138. The normalized spacial score (nSPS) is 24.0. The second-order valence-corrected chi connectivity index (χ2v) is 4.18. The van der Waals surface area contributed by atoms with Gasteiger partial charge in [0.05, 0.1) is 6.10 Å². The molecule has 4 heteroatoms. The first-order valence-corrected chi connectivity index (χ1v) is 5.57. The molecule has 1 fully saturated rings. The third-order valence-electron chi connectivity index (χ3n) is 3.06. The molecule has 0 spiro atoms. The Morgan fingerprint density at radius 1 is 1.56 bits per heavy atom. The molecule has 16 heavy (non-hydrogen) atoms. The van der Waals surface area contributed by atoms with E-state index in [0.29, 0.717) is 11.6 Å². The van der Waals surface area contributed by atoms with Gasteiger partial charge >= 0.3 is 0 Å². The van der Waals surface area contributed by atoms with E-state index in [0.717, 1.165) is 31.5 Å². The molecule has 0 bridgehead atoms. The highest BCUT2D eigenvalue weighted by Crippen LogP contribution is 2.25. The van der Waals surface area contributed by atoms with E-state index < -0.39 is 0 Å². The van der Waals surface area contributed by atoms with Gasteiger partial charge in [-0.25, -0.2) is 4.98 Å². The molecule has 2 rings (SSSR count). The van der Waals surface area contributed by atoms with E-state index in [1.165, 1.54) is 0 Å². The molecule has 2 N–H and O–H groups in total. The van der Waals surface area contributed by atoms with Crippen LogP contribution in [-0.4, -0.2) is 22.7 Å². The number of hydrogen-bond donors (Lipinski definition) is 2. The maximum atomic E-state index is 9.66. The summed E-state index contributed by atoms with van der Waals surface area (Å²) in [6.45, 7) is 0.760. The van der Waals surface area contributed by atoms with Gasteiger partial charge in [0.15, 0.2) is 0 Å². The van der Waals surface area contributed by atoms with Gasteiger partial charge in [0.25, 0.3) is 0 Å². The minimum absolute atomic E-state index is 0.176. The Balaban J connectivity index is 1.92. The van der Waals surface area contributed by atoms with Crippen LogP contribution in [0.3, 0.4) is 0 Å². The third-order valence-corrected chi connectivity index (χ3v) is 3.06. The SMILES string of the molecule is N#Cc1cc(NCC2CCCC2O)ccn1. The van der Waals surface area contributed by atoms with Crippen LogP contribution in [0.4, 0.5) is 5.69 Å². The van der Waals surface area contributed by atoms with E-state index in [1.807, 2.05) is 12.1 Å². The summed E-state index contributed by atoms with van der Waals surface area (Å²) in [5.74, 6) is 0.332. The third kappa shape index (κ3) is 2.50. The highest BCUT2D eigenvalue weighted by Gasteiger charge is 2.24. The number of rotatable bonds is 3. The zero-order valence-electron chi connectivity index (χ0n) is 9.06. The first-order valence-electron chi connectivity index (χ1n) is 5.57. The molecule has 1 aliphatic rings. The van der Waals surface area contributed by atoms with E-state index in [-0.39, 0.29) is 6.10 Å². The molecule has 2 atom stereocenters. The molecule has 4 nitrogen and oxygen atoms in total. The van der Waals surface area contributed by atoms with Crippen LogP contribution in [-0.2, 0) is 0 Å². The lowest BCUT2D eigenvalue weighted by Crippen LogP contribution is -2.21. The predicted octanol–water partition coefficient (Wildman–Crippen LogP) is 1.53. The van der Waals surface area contributed by atoms with Gasteiger partial charge in [-0.05, 0) is 25.0 Å². The van der Waals surface area contributed by atoms with Crippen LogP contribution in [0.25, 0.3) is 0 Å². The summed E-state index contributed by atoms with van der Waals surface area (Å²) in [6.07, 6.45) is 4.53. The van der Waals surface area contributed by atoms with Crippen molar-refractivity contribution in [1.82, 2.24) is 4.98 Å². The van der Waals surface area contributed by atoms with Crippen molar-refractivity contribution < 1.29 is 5.11 Å². The Hall–Kier alpha value is -1.60. The minimum atomic E-state index is -0.176. The maximum absolute atomic E-state index is 9.66. The molecule has 1 aromatic heterocycles. The fraction of sp³-hybridized carbons (Fsp3) is 0.500. The first kappa shape index (κ1) is 10.9. The van der Waals surface area contributed by atoms with Crippen LogP contribution in [0.2, 0.25) is 0 Å². The number of nitrogens with zero attached hydrogens (tertiary/aromatic N) is 2. The first-order chi connectivity index (χ1) is 7.79. The molecular formula is C12H15N3O. The summed E-state index contributed by atoms with van der Waals surface area (Å²) in [7, 11) is 0. The second-order valence-electron chi connectivity index (χ2n) is 4.18. The molecule has 2 unspecified atom stereocenters. The molecule has 0 aromatic carbocycles. The van der Waals surface area contributed by atoms with Gasteiger partial charge < -0.3 is 10.4 Å². The average Bonchev–Trinajstić information content (AvgIpc) is 2.72. The van der Waals surface area contributed by atoms with Crippen LogP contribution < -0.4 is 5.32 Å². The molecule has 0 amide bonds. The lowest BCUT2D eigenvalue weighted by atomic mass is 10.1. The van der Waals surface area contributed by atoms with Crippen molar-refractivity contribution in [3.05, 3.63) is 24.0 Å². The van der Waals surface area contributed by atoms with Crippen LogP contribution >= 0.6 is 0 Å². The van der Waals surface area contributed by atoms with Crippen LogP contribution in [0.15, 0.2) is 18.3 Å². The molecule has 0 radical (unpaired) electrons. The fourth-order valence-corrected chi connectivity index (χ4v) is 2.11. The fourth-order valence-electron chi connectivity index (χ4n) is 2.11. The van der Waals surface area contributed by atoms with Gasteiger partial charge in [-0.15, -0.1) is 0 Å². The van der Waals surface area contributed by atoms with E-state index in [2.05, 4.69) is 10.3 Å². The highest BCUT2D eigenvalue weighted by atomic mass is 16.3. The van der Waals surface area contributed by atoms with Crippen molar-refractivity contribution in [1.29, 1.82) is 5.26 Å². The number of nitriles is 1. The lowest BCUT2D eigenvalue weighted by Gasteiger charge is -2.15. The molecule has 0 aliphatic heterocycles. The minimum Gasteiger partial charge on any atom is -0.393 e. The Morgan fingerprint density at radius 3 is 3.12 bits per heavy atom. The van der Waals surface area contributed by atoms with Gasteiger partial charge in [-0.3, -0.25) is 0 Å². The average molecular weight is 217 g/mol. The summed E-state index contributed by atoms with van der Waals surface area (Å²) in [5, 5.41) is 21.6. The molecule has 1 heterocycles. The zero-order valence-corrected chi connectivity index (χ0v) is 9.06. The van der Waals surface area contributed by atoms with Crippen LogP contribution in [0.5, 0.6) is 0 Å². The van der Waals surface area contributed by atoms with Gasteiger partial charge in [0.1, 0.15) is 11.8 Å². The summed E-state index contributed by atoms with van der Waals surface area (Å²) >= 11 is 0. The summed E-state index contributed by atoms with van der Waals surface area (Å²) in [5.41, 5.74) is 1.31. The molecule has 1 saturated carbocycles. The quantitative estimate of drug-likeness (QED) is 0.805. The van der Waals surface area contributed by atoms with Crippen LogP contribution in [0, 0.1) is 17.2 Å². The second kappa shape index (κ2) is 4.95. The van der Waals surface area contributed by atoms with E-state index in [4.69, 9.17) is 5.26 Å². The number of aromatic nitrogens is 1. The Kier molecular flexibility index (Phi) is 3.37. The van der Waals surface area contributed by atoms with Crippen molar-refractivity contribution in [2.75, 3.05) is 11.9 Å². The molecular weight excluding hydrogens is 202 g/mol. The summed E-state index contributed by atoms with van der Waals surface area (Å²) in [6, 6.07) is 5.56. The Morgan fingerprint density at radius 2 is 2.44 bits per heavy atom. The number of aliphatic hydroxyl groups excluding tert-OH is 1. The van der Waals surface area contributed by atoms with E-state index in [9.17, 15) is 5.11 Å². The van der Waals surface area contributed by atoms with Gasteiger partial charge in [0, 0.05) is 24.3 Å². The van der Waals surface area contributed by atoms with Crippen molar-refractivity contribution in [3.8, 4) is 6.07 Å². The molecule has 1 aromatic rings. The predicted molar refractivity (Wildman–Crippen MR) is 60.8 cm³/mol. The van der Waals surface area contributed by atoms with E-state index >= 15 is 0 Å². The van der Waals surface area contributed by atoms with E-state index in [1.54, 1.807) is 12.3 Å². The number of aliphatic hydroxyl groups is 1. The van der Waals surface area contributed by atoms with Crippen molar-refractivity contribution >= 4 is 5.69 Å². The number of anilines is 1. The zero-order chi connectivity index (χ0) is 11.4. The van der Waals surface area contributed by atoms with Gasteiger partial charge in [0.2, 0.25) is 0 Å². The Bertz CT molecular complexity index is 399.